The number of carbonyl (C=O) groups is 4. The minimum absolute atomic E-state index is 0.166. The van der Waals surface area contributed by atoms with Gasteiger partial charge in [-0.25, -0.2) is 14.4 Å². The Morgan fingerprint density at radius 3 is 1.83 bits per heavy atom. The highest BCUT2D eigenvalue weighted by Crippen LogP contribution is 2.27. The lowest BCUT2D eigenvalue weighted by molar-refractivity contribution is -0.139. The van der Waals surface area contributed by atoms with E-state index in [-0.39, 0.29) is 25.3 Å². The zero-order valence-electron chi connectivity index (χ0n) is 26.5. The summed E-state index contributed by atoms with van der Waals surface area (Å²) >= 11 is 0. The third-order valence-corrected chi connectivity index (χ3v) is 7.14. The lowest BCUT2D eigenvalue weighted by atomic mass is 10.0. The molecule has 2 aliphatic rings. The second-order valence-electron chi connectivity index (χ2n) is 10.6. The lowest BCUT2D eigenvalue weighted by Gasteiger charge is -2.16. The SMILES string of the molecule is C=CC(=O)OCCCOC1=CCC(C(=O)Oc2ccc(-c3ccc(OC(=O)C4=CCC(OCCCOC(=O)C=C)C=C4)cc3)cc2)C=C1. The summed E-state index contributed by atoms with van der Waals surface area (Å²) in [5.41, 5.74) is 2.24. The quantitative estimate of drug-likeness (QED) is 0.0849. The molecular weight excluding hydrogens is 616 g/mol. The van der Waals surface area contributed by atoms with Gasteiger partial charge >= 0.3 is 23.9 Å². The number of esters is 4. The summed E-state index contributed by atoms with van der Waals surface area (Å²) in [5.74, 6) is -0.694. The summed E-state index contributed by atoms with van der Waals surface area (Å²) < 4.78 is 32.3. The van der Waals surface area contributed by atoms with E-state index in [0.29, 0.717) is 61.7 Å². The molecule has 0 heterocycles. The molecule has 4 rings (SSSR count). The monoisotopic (exact) mass is 654 g/mol. The van der Waals surface area contributed by atoms with Crippen molar-refractivity contribution in [1.29, 1.82) is 0 Å². The summed E-state index contributed by atoms with van der Waals surface area (Å²) in [5, 5.41) is 0. The normalized spacial score (nSPS) is 16.5. The number of allylic oxidation sites excluding steroid dienone is 2. The molecule has 250 valence electrons. The van der Waals surface area contributed by atoms with Crippen molar-refractivity contribution in [3.05, 3.63) is 122 Å². The molecule has 48 heavy (non-hydrogen) atoms. The molecule has 0 bridgehead atoms. The molecule has 0 spiro atoms. The van der Waals surface area contributed by atoms with Crippen LogP contribution in [0.25, 0.3) is 11.1 Å². The summed E-state index contributed by atoms with van der Waals surface area (Å²) in [6.45, 7) is 7.99. The van der Waals surface area contributed by atoms with Crippen LogP contribution in [0.2, 0.25) is 0 Å². The van der Waals surface area contributed by atoms with Crippen molar-refractivity contribution in [2.75, 3.05) is 26.4 Å². The van der Waals surface area contributed by atoms with Crippen LogP contribution in [-0.4, -0.2) is 56.4 Å². The Morgan fingerprint density at radius 2 is 1.29 bits per heavy atom. The Morgan fingerprint density at radius 1 is 0.688 bits per heavy atom. The van der Waals surface area contributed by atoms with Crippen molar-refractivity contribution in [2.24, 2.45) is 5.92 Å². The van der Waals surface area contributed by atoms with Gasteiger partial charge in [-0.2, -0.15) is 0 Å². The smallest absolute Gasteiger partial charge is 0.343 e. The van der Waals surface area contributed by atoms with Gasteiger partial charge in [-0.15, -0.1) is 0 Å². The molecule has 10 nitrogen and oxygen atoms in total. The topological polar surface area (TPSA) is 124 Å². The maximum Gasteiger partial charge on any atom is 0.343 e. The fourth-order valence-corrected chi connectivity index (χ4v) is 4.55. The number of hydrogen-bond donors (Lipinski definition) is 0. The van der Waals surface area contributed by atoms with Gasteiger partial charge in [0.05, 0.1) is 44.0 Å². The molecule has 0 saturated carbocycles. The molecule has 2 aromatic rings. The van der Waals surface area contributed by atoms with E-state index in [4.69, 9.17) is 28.4 Å². The van der Waals surface area contributed by atoms with E-state index in [1.807, 2.05) is 36.4 Å². The minimum atomic E-state index is -0.466. The molecule has 2 aliphatic carbocycles. The predicted octanol–water partition coefficient (Wildman–Crippen LogP) is 6.15. The molecule has 0 aromatic heterocycles. The van der Waals surface area contributed by atoms with Crippen LogP contribution < -0.4 is 9.47 Å². The van der Waals surface area contributed by atoms with Crippen molar-refractivity contribution in [3.8, 4) is 22.6 Å². The molecule has 0 saturated heterocycles. The van der Waals surface area contributed by atoms with E-state index >= 15 is 0 Å². The van der Waals surface area contributed by atoms with Gasteiger partial charge in [0.15, 0.2) is 0 Å². The van der Waals surface area contributed by atoms with Crippen LogP contribution >= 0.6 is 0 Å². The zero-order chi connectivity index (χ0) is 34.1. The van der Waals surface area contributed by atoms with Gasteiger partial charge in [-0.05, 0) is 66.5 Å². The van der Waals surface area contributed by atoms with Gasteiger partial charge in [-0.3, -0.25) is 4.79 Å². The average molecular weight is 655 g/mol. The Kier molecular flexibility index (Phi) is 13.7. The van der Waals surface area contributed by atoms with Crippen LogP contribution in [0.4, 0.5) is 0 Å². The molecule has 0 N–H and O–H groups in total. The molecule has 0 fully saturated rings. The highest BCUT2D eigenvalue weighted by atomic mass is 16.5. The van der Waals surface area contributed by atoms with E-state index in [2.05, 4.69) is 13.2 Å². The van der Waals surface area contributed by atoms with Crippen molar-refractivity contribution < 1.29 is 47.6 Å². The molecule has 0 radical (unpaired) electrons. The Bertz CT molecular complexity index is 1580. The van der Waals surface area contributed by atoms with Gasteiger partial charge in [-0.1, -0.05) is 55.7 Å². The number of rotatable bonds is 17. The fraction of sp³-hybridized carbons (Fsp3) is 0.263. The van der Waals surface area contributed by atoms with E-state index < -0.39 is 23.8 Å². The Balaban J connectivity index is 1.16. The maximum absolute atomic E-state index is 12.7. The standard InChI is InChI=1S/C38H38O10/c1-3-35(39)45-25-5-23-43-31-15-11-29(12-16-31)37(41)47-33-19-7-27(8-20-33)28-9-21-34(22-10-28)48-38(42)30-13-17-32(18-14-30)44-24-6-26-46-36(40)4-2/h3-4,7-13,15,17-22,30-31H,1-2,5-6,14,16,23-26H2. The number of carbonyl (C=O) groups excluding carboxylic acids is 4. The van der Waals surface area contributed by atoms with E-state index in [1.54, 1.807) is 48.6 Å². The first-order chi connectivity index (χ1) is 23.3. The first kappa shape index (κ1) is 35.4. The molecule has 0 aliphatic heterocycles. The minimum Gasteiger partial charge on any atom is -0.494 e. The molecule has 0 amide bonds. The number of hydrogen-bond acceptors (Lipinski definition) is 10. The van der Waals surface area contributed by atoms with Crippen LogP contribution in [0.3, 0.4) is 0 Å². The van der Waals surface area contributed by atoms with E-state index in [1.165, 1.54) is 0 Å². The number of benzene rings is 2. The summed E-state index contributed by atoms with van der Waals surface area (Å²) in [6, 6.07) is 14.3. The third kappa shape index (κ3) is 11.4. The van der Waals surface area contributed by atoms with Gasteiger partial charge in [0, 0.05) is 25.0 Å². The lowest BCUT2D eigenvalue weighted by Crippen LogP contribution is -2.20. The second kappa shape index (κ2) is 18.6. The Hall–Kier alpha value is -5.48. The second-order valence-corrected chi connectivity index (χ2v) is 10.6. The van der Waals surface area contributed by atoms with Crippen LogP contribution in [0.5, 0.6) is 11.5 Å². The third-order valence-electron chi connectivity index (χ3n) is 7.14. The van der Waals surface area contributed by atoms with E-state index in [9.17, 15) is 19.2 Å². The van der Waals surface area contributed by atoms with Crippen molar-refractivity contribution >= 4 is 23.9 Å². The summed E-state index contributed by atoms with van der Waals surface area (Å²) in [6.07, 6.45) is 14.7. The zero-order valence-corrected chi connectivity index (χ0v) is 26.5. The molecule has 2 aromatic carbocycles. The first-order valence-electron chi connectivity index (χ1n) is 15.6. The highest BCUT2D eigenvalue weighted by Gasteiger charge is 2.20. The van der Waals surface area contributed by atoms with Crippen molar-refractivity contribution in [3.63, 3.8) is 0 Å². The first-order valence-corrected chi connectivity index (χ1v) is 15.6. The highest BCUT2D eigenvalue weighted by molar-refractivity contribution is 5.93. The average Bonchev–Trinajstić information content (AvgIpc) is 3.12. The van der Waals surface area contributed by atoms with Crippen molar-refractivity contribution in [1.82, 2.24) is 0 Å². The molecule has 2 atom stereocenters. The van der Waals surface area contributed by atoms with Gasteiger partial charge in [0.1, 0.15) is 17.3 Å². The van der Waals surface area contributed by atoms with E-state index in [0.717, 1.165) is 23.3 Å². The van der Waals surface area contributed by atoms with Gasteiger partial charge in [0.25, 0.3) is 0 Å². The van der Waals surface area contributed by atoms with Gasteiger partial charge < -0.3 is 28.4 Å². The predicted molar refractivity (Wildman–Crippen MR) is 178 cm³/mol. The largest absolute Gasteiger partial charge is 0.494 e. The number of ether oxygens (including phenoxy) is 6. The molecule has 2 unspecified atom stereocenters. The van der Waals surface area contributed by atoms with Crippen LogP contribution in [-0.2, 0) is 38.1 Å². The van der Waals surface area contributed by atoms with Gasteiger partial charge in [0.2, 0.25) is 0 Å². The molecule has 10 heteroatoms. The van der Waals surface area contributed by atoms with Crippen LogP contribution in [0.15, 0.2) is 122 Å². The molecular formula is C38H38O10. The summed E-state index contributed by atoms with van der Waals surface area (Å²) in [4.78, 5) is 47.5. The van der Waals surface area contributed by atoms with Crippen molar-refractivity contribution in [2.45, 2.75) is 31.8 Å². The fourth-order valence-electron chi connectivity index (χ4n) is 4.55. The Labute approximate surface area is 279 Å². The maximum atomic E-state index is 12.7. The van der Waals surface area contributed by atoms with Crippen LogP contribution in [0.1, 0.15) is 25.7 Å². The summed E-state index contributed by atoms with van der Waals surface area (Å²) in [7, 11) is 0. The van der Waals surface area contributed by atoms with Crippen LogP contribution in [0, 0.1) is 5.92 Å².